The maximum absolute atomic E-state index is 4.72. The van der Waals surface area contributed by atoms with Gasteiger partial charge >= 0.3 is 0 Å². The zero-order valence-corrected chi connectivity index (χ0v) is 44.6. The fourth-order valence-corrected chi connectivity index (χ4v) is 35.5. The molecule has 11 rings (SSSR count). The van der Waals surface area contributed by atoms with Gasteiger partial charge in [0.1, 0.15) is 76.8 Å². The highest BCUT2D eigenvalue weighted by atomic mass is 31.2. The minimum absolute atomic E-state index is 0.242. The lowest BCUT2D eigenvalue weighted by atomic mass is 9.84. The lowest BCUT2D eigenvalue weighted by Gasteiger charge is -2.61. The minimum Gasteiger partial charge on any atom is -0.0620 e. The molecule has 72 heavy (non-hydrogen) atoms. The van der Waals surface area contributed by atoms with Crippen molar-refractivity contribution in [1.29, 1.82) is 0 Å². The number of hydrogen-bond acceptors (Lipinski definition) is 0. The van der Waals surface area contributed by atoms with E-state index in [9.17, 15) is 0 Å². The Morgan fingerprint density at radius 3 is 0.722 bits per heavy atom. The summed E-state index contributed by atoms with van der Waals surface area (Å²) in [5.41, 5.74) is 9.19. The van der Waals surface area contributed by atoms with Gasteiger partial charge in [-0.05, 0) is 128 Å². The Labute approximate surface area is 430 Å². The molecule has 0 amide bonds. The van der Waals surface area contributed by atoms with E-state index in [0.29, 0.717) is 0 Å². The molecular weight excluding hydrogens is 941 g/mol. The van der Waals surface area contributed by atoms with E-state index in [4.69, 9.17) is 5.66 Å². The Morgan fingerprint density at radius 1 is 0.264 bits per heavy atom. The summed E-state index contributed by atoms with van der Waals surface area (Å²) in [5, 5.41) is 13.5. The van der Waals surface area contributed by atoms with Crippen molar-refractivity contribution in [3.05, 3.63) is 303 Å². The van der Waals surface area contributed by atoms with E-state index in [1.165, 1.54) is 53.0 Å². The van der Waals surface area contributed by atoms with Gasteiger partial charge in [-0.1, -0.05) is 182 Å². The fraction of sp³-hybridized carbons (Fsp3) is 0.0882. The van der Waals surface area contributed by atoms with Gasteiger partial charge in [0, 0.05) is 0 Å². The van der Waals surface area contributed by atoms with Crippen LogP contribution in [0.25, 0.3) is 0 Å². The highest BCUT2D eigenvalue weighted by Gasteiger charge is 2.89. The Bertz CT molecular complexity index is 3120. The monoisotopic (exact) mass is 1000 g/mol. The predicted octanol–water partition coefficient (Wildman–Crippen LogP) is 13.1. The van der Waals surface area contributed by atoms with Crippen LogP contribution in [-0.2, 0) is 0 Å². The van der Waals surface area contributed by atoms with Gasteiger partial charge in [0.15, 0.2) is 14.5 Å². The van der Waals surface area contributed by atoms with Crippen LogP contribution in [0.4, 0.5) is 0 Å². The smallest absolute Gasteiger partial charge is 0.0620 e. The van der Waals surface area contributed by atoms with Crippen molar-refractivity contribution in [2.75, 3.05) is 6.66 Å². The van der Waals surface area contributed by atoms with Crippen LogP contribution in [0.3, 0.4) is 0 Å². The third-order valence-corrected chi connectivity index (χ3v) is 34.8. The van der Waals surface area contributed by atoms with Crippen LogP contribution in [0.2, 0.25) is 0 Å². The van der Waals surface area contributed by atoms with E-state index >= 15 is 0 Å². The molecule has 0 radical (unpaired) electrons. The summed E-state index contributed by atoms with van der Waals surface area (Å²) in [5.74, 6) is 0. The van der Waals surface area contributed by atoms with Crippen molar-refractivity contribution in [1.82, 2.24) is 0 Å². The van der Waals surface area contributed by atoms with Crippen molar-refractivity contribution in [2.24, 2.45) is 0 Å². The third-order valence-electron chi connectivity index (χ3n) is 15.5. The number of rotatable bonds is 13. The van der Waals surface area contributed by atoms with Gasteiger partial charge in [-0.15, -0.1) is 0 Å². The topological polar surface area (TPSA) is 0 Å². The van der Waals surface area contributed by atoms with Crippen LogP contribution in [0, 0.1) is 11.3 Å². The maximum Gasteiger partial charge on any atom is 0.221 e. The quantitative estimate of drug-likeness (QED) is 0.0798. The summed E-state index contributed by atoms with van der Waals surface area (Å²) >= 11 is 0. The summed E-state index contributed by atoms with van der Waals surface area (Å²) in [6, 6.07) is 116. The van der Waals surface area contributed by atoms with Crippen molar-refractivity contribution in [3.8, 4) is 11.3 Å². The van der Waals surface area contributed by atoms with E-state index in [-0.39, 0.29) is 5.16 Å². The molecule has 0 saturated heterocycles. The van der Waals surface area contributed by atoms with E-state index in [2.05, 4.69) is 323 Å². The SMILES string of the molecule is CC1([P+](c2ccccc2)(c2ccccc2)c2ccccc2)CC([P+](C#C[P+](C)(c2ccccc2)c2ccccc2)(c2ccccc2)c2ccccc2)([P+](c2ccccc2)(c2ccccc2)c2ccccc2)C1. The zero-order valence-electron chi connectivity index (χ0n) is 41.1. The van der Waals surface area contributed by atoms with E-state index < -0.39 is 33.9 Å². The average Bonchev–Trinajstić information content (AvgIpc) is 3.46. The van der Waals surface area contributed by atoms with Gasteiger partial charge in [0.05, 0.1) is 19.5 Å². The van der Waals surface area contributed by atoms with Crippen molar-refractivity contribution >= 4 is 82.1 Å². The second kappa shape index (κ2) is 20.2. The third kappa shape index (κ3) is 7.69. The Balaban J connectivity index is 1.36. The van der Waals surface area contributed by atoms with Crippen molar-refractivity contribution in [3.63, 3.8) is 0 Å². The summed E-state index contributed by atoms with van der Waals surface area (Å²) in [6.07, 6.45) is 1.86. The second-order valence-electron chi connectivity index (χ2n) is 19.4. The molecule has 10 aromatic rings. The standard InChI is InChI=1S/C68H60P4/c1-67(71(61-41-21-7-22-42-61,62-43-23-8-24-44-62)63-45-25-9-26-46-63)55-68(56-67,72(64-47-27-10-28-48-64,65-49-29-11-30-50-65)66-51-31-12-32-52-66)70(59-37-17-5-18-38-59,60-39-19-6-20-40-60)54-53-69(2,57-33-13-3-14-34-57)58-35-15-4-16-36-58/h3-52H,55-56H2,1-2H3/q+4. The van der Waals surface area contributed by atoms with Gasteiger partial charge in [-0.3, -0.25) is 0 Å². The first-order chi connectivity index (χ1) is 35.4. The molecule has 0 unspecified atom stereocenters. The first-order valence-electron chi connectivity index (χ1n) is 25.1. The Kier molecular flexibility index (Phi) is 13.4. The summed E-state index contributed by atoms with van der Waals surface area (Å²) in [4.78, 5) is -0.448. The highest BCUT2D eigenvalue weighted by Crippen LogP contribution is 2.95. The first-order valence-corrected chi connectivity index (χ1v) is 32.7. The molecule has 0 spiro atoms. The molecule has 1 aliphatic rings. The second-order valence-corrected chi connectivity index (χ2v) is 34.2. The largest absolute Gasteiger partial charge is 0.221 e. The summed E-state index contributed by atoms with van der Waals surface area (Å²) in [6.45, 7) is 5.16. The van der Waals surface area contributed by atoms with Crippen LogP contribution >= 0.6 is 29.0 Å². The molecule has 0 nitrogen and oxygen atoms in total. The number of benzene rings is 10. The molecule has 4 heteroatoms. The number of hydrogen-bond donors (Lipinski definition) is 0. The lowest BCUT2D eigenvalue weighted by molar-refractivity contribution is 0.358. The zero-order chi connectivity index (χ0) is 49.0. The van der Waals surface area contributed by atoms with Gasteiger partial charge in [0.2, 0.25) is 12.2 Å². The molecule has 1 aliphatic carbocycles. The molecule has 0 heterocycles. The molecule has 0 atom stereocenters. The van der Waals surface area contributed by atoms with Crippen LogP contribution in [-0.4, -0.2) is 16.7 Å². The van der Waals surface area contributed by atoms with E-state index in [0.717, 1.165) is 12.8 Å². The van der Waals surface area contributed by atoms with Crippen LogP contribution in [0.1, 0.15) is 19.8 Å². The molecular formula is C68H60P4+4. The van der Waals surface area contributed by atoms with Gasteiger partial charge < -0.3 is 0 Å². The first kappa shape index (κ1) is 47.8. The van der Waals surface area contributed by atoms with Crippen LogP contribution < -0.4 is 53.0 Å². The van der Waals surface area contributed by atoms with Gasteiger partial charge in [0.25, 0.3) is 0 Å². The molecule has 348 valence electrons. The van der Waals surface area contributed by atoms with Gasteiger partial charge in [-0.25, -0.2) is 0 Å². The highest BCUT2D eigenvalue weighted by molar-refractivity contribution is 8.12. The normalized spacial score (nSPS) is 16.9. The molecule has 0 aromatic heterocycles. The Hall–Kier alpha value is -6.52. The molecule has 0 aliphatic heterocycles. The summed E-state index contributed by atoms with van der Waals surface area (Å²) < 4.78 is 0. The molecule has 1 saturated carbocycles. The fourth-order valence-electron chi connectivity index (χ4n) is 12.6. The molecule has 1 fully saturated rings. The van der Waals surface area contributed by atoms with Gasteiger partial charge in [-0.2, -0.15) is 0 Å². The maximum atomic E-state index is 4.72. The summed E-state index contributed by atoms with van der Waals surface area (Å²) in [7, 11) is -10.7. The Morgan fingerprint density at radius 2 is 0.472 bits per heavy atom. The van der Waals surface area contributed by atoms with Crippen LogP contribution in [0.5, 0.6) is 0 Å². The lowest BCUT2D eigenvalue weighted by Crippen LogP contribution is -2.67. The molecule has 0 N–H and O–H groups in total. The van der Waals surface area contributed by atoms with E-state index in [1.807, 2.05) is 0 Å². The van der Waals surface area contributed by atoms with Crippen LogP contribution in [0.15, 0.2) is 303 Å². The minimum atomic E-state index is -2.98. The predicted molar refractivity (Wildman–Crippen MR) is 323 cm³/mol. The average molecular weight is 1000 g/mol. The van der Waals surface area contributed by atoms with E-state index in [1.54, 1.807) is 0 Å². The van der Waals surface area contributed by atoms with Crippen molar-refractivity contribution < 1.29 is 0 Å². The molecule has 10 aromatic carbocycles. The molecule has 0 bridgehead atoms. The van der Waals surface area contributed by atoms with Crippen molar-refractivity contribution in [2.45, 2.75) is 29.8 Å².